The molecule has 0 aromatic heterocycles. The zero-order valence-corrected chi connectivity index (χ0v) is 13.6. The third-order valence-electron chi connectivity index (χ3n) is 3.95. The van der Waals surface area contributed by atoms with E-state index in [9.17, 15) is 0 Å². The fraction of sp³-hybridized carbons (Fsp3) is 0.400. The molecule has 0 aliphatic heterocycles. The van der Waals surface area contributed by atoms with Crippen molar-refractivity contribution in [2.24, 2.45) is 0 Å². The average Bonchev–Trinajstić information content (AvgIpc) is 2.37. The van der Waals surface area contributed by atoms with Crippen LogP contribution in [-0.4, -0.2) is 0 Å². The number of rotatable bonds is 3. The van der Waals surface area contributed by atoms with E-state index >= 15 is 0 Å². The maximum Gasteiger partial charge on any atom is -0.0144 e. The van der Waals surface area contributed by atoms with Crippen molar-refractivity contribution in [2.45, 2.75) is 53.4 Å². The van der Waals surface area contributed by atoms with Crippen molar-refractivity contribution in [3.05, 3.63) is 58.7 Å². The van der Waals surface area contributed by atoms with E-state index in [4.69, 9.17) is 0 Å². The topological polar surface area (TPSA) is 0 Å². The first-order valence-electron chi connectivity index (χ1n) is 7.61. The highest BCUT2D eigenvalue weighted by atomic mass is 14.2. The van der Waals surface area contributed by atoms with Crippen LogP contribution < -0.4 is 0 Å². The van der Waals surface area contributed by atoms with Gasteiger partial charge in [0.05, 0.1) is 0 Å². The fourth-order valence-corrected chi connectivity index (χ4v) is 2.81. The van der Waals surface area contributed by atoms with Crippen molar-refractivity contribution in [2.75, 3.05) is 0 Å². The van der Waals surface area contributed by atoms with Gasteiger partial charge < -0.3 is 0 Å². The second-order valence-corrected chi connectivity index (χ2v) is 6.49. The Hall–Kier alpha value is -1.56. The van der Waals surface area contributed by atoms with Crippen molar-refractivity contribution in [3.63, 3.8) is 0 Å². The van der Waals surface area contributed by atoms with E-state index in [2.05, 4.69) is 77.9 Å². The molecule has 0 N–H and O–H groups in total. The van der Waals surface area contributed by atoms with Crippen LogP contribution in [0, 0.1) is 13.8 Å². The molecule has 106 valence electrons. The Morgan fingerprint density at radius 3 is 1.25 bits per heavy atom. The van der Waals surface area contributed by atoms with Crippen LogP contribution in [0.15, 0.2) is 36.4 Å². The molecule has 0 saturated heterocycles. The van der Waals surface area contributed by atoms with Crippen LogP contribution in [0.25, 0.3) is 11.1 Å². The molecule has 2 aromatic rings. The Kier molecular flexibility index (Phi) is 4.32. The molecule has 0 radical (unpaired) electrons. The van der Waals surface area contributed by atoms with Crippen molar-refractivity contribution in [3.8, 4) is 11.1 Å². The van der Waals surface area contributed by atoms with Gasteiger partial charge in [-0.3, -0.25) is 0 Å². The van der Waals surface area contributed by atoms with Crippen molar-refractivity contribution in [1.29, 1.82) is 0 Å². The van der Waals surface area contributed by atoms with Crippen LogP contribution in [0.4, 0.5) is 0 Å². The van der Waals surface area contributed by atoms with E-state index in [1.54, 1.807) is 0 Å². The second-order valence-electron chi connectivity index (χ2n) is 6.49. The van der Waals surface area contributed by atoms with Crippen LogP contribution in [0.5, 0.6) is 0 Å². The van der Waals surface area contributed by atoms with Crippen molar-refractivity contribution >= 4 is 0 Å². The number of hydrogen-bond acceptors (Lipinski definition) is 0. The molecule has 0 unspecified atom stereocenters. The van der Waals surface area contributed by atoms with E-state index in [-0.39, 0.29) is 0 Å². The summed E-state index contributed by atoms with van der Waals surface area (Å²) in [6.45, 7) is 13.5. The van der Waals surface area contributed by atoms with Crippen LogP contribution in [0.3, 0.4) is 0 Å². The minimum atomic E-state index is 0.547. The lowest BCUT2D eigenvalue weighted by molar-refractivity contribution is 0.856. The van der Waals surface area contributed by atoms with Crippen LogP contribution in [0.2, 0.25) is 0 Å². The van der Waals surface area contributed by atoms with E-state index in [0.29, 0.717) is 11.8 Å². The van der Waals surface area contributed by atoms with Crippen LogP contribution in [-0.2, 0) is 0 Å². The van der Waals surface area contributed by atoms with E-state index in [1.165, 1.54) is 33.4 Å². The largest absolute Gasteiger partial charge is 0.0590 e. The molecular weight excluding hydrogens is 240 g/mol. The number of aryl methyl sites for hydroxylation is 2. The van der Waals surface area contributed by atoms with Gasteiger partial charge >= 0.3 is 0 Å². The van der Waals surface area contributed by atoms with Crippen LogP contribution >= 0.6 is 0 Å². The zero-order valence-electron chi connectivity index (χ0n) is 13.6. The van der Waals surface area contributed by atoms with Gasteiger partial charge in [-0.1, -0.05) is 75.2 Å². The third-order valence-corrected chi connectivity index (χ3v) is 3.95. The standard InChI is InChI=1S/C20H26/c1-13(2)17-9-7-15(5)11-19(17)20-12-16(6)8-10-18(20)14(3)4/h7-14H,1-6H3. The quantitative estimate of drug-likeness (QED) is 0.619. The summed E-state index contributed by atoms with van der Waals surface area (Å²) in [5, 5.41) is 0. The normalized spacial score (nSPS) is 11.4. The molecule has 0 atom stereocenters. The summed E-state index contributed by atoms with van der Waals surface area (Å²) in [6.07, 6.45) is 0. The van der Waals surface area contributed by atoms with E-state index in [0.717, 1.165) is 0 Å². The molecule has 0 heteroatoms. The van der Waals surface area contributed by atoms with E-state index in [1.807, 2.05) is 0 Å². The smallest absolute Gasteiger partial charge is 0.0144 e. The SMILES string of the molecule is Cc1ccc(C(C)C)c(-c2cc(C)ccc2C(C)C)c1. The molecule has 0 bridgehead atoms. The molecule has 0 nitrogen and oxygen atoms in total. The molecule has 0 spiro atoms. The zero-order chi connectivity index (χ0) is 14.9. The Morgan fingerprint density at radius 2 is 0.950 bits per heavy atom. The summed E-state index contributed by atoms with van der Waals surface area (Å²) in [6, 6.07) is 13.7. The van der Waals surface area contributed by atoms with Gasteiger partial charge in [-0.2, -0.15) is 0 Å². The van der Waals surface area contributed by atoms with Gasteiger partial charge in [-0.25, -0.2) is 0 Å². The van der Waals surface area contributed by atoms with Gasteiger partial charge in [0.15, 0.2) is 0 Å². The predicted octanol–water partition coefficient (Wildman–Crippen LogP) is 6.22. The molecule has 20 heavy (non-hydrogen) atoms. The van der Waals surface area contributed by atoms with Gasteiger partial charge in [0.1, 0.15) is 0 Å². The van der Waals surface area contributed by atoms with Gasteiger partial charge in [0.2, 0.25) is 0 Å². The molecule has 2 rings (SSSR count). The Balaban J connectivity index is 2.73. The molecule has 0 aliphatic rings. The molecule has 0 heterocycles. The highest BCUT2D eigenvalue weighted by molar-refractivity contribution is 5.73. The second kappa shape index (κ2) is 5.83. The van der Waals surface area contributed by atoms with Gasteiger partial charge in [-0.15, -0.1) is 0 Å². The summed E-state index contributed by atoms with van der Waals surface area (Å²) < 4.78 is 0. The summed E-state index contributed by atoms with van der Waals surface area (Å²) >= 11 is 0. The lowest BCUT2D eigenvalue weighted by Crippen LogP contribution is -1.98. The Morgan fingerprint density at radius 1 is 0.600 bits per heavy atom. The third kappa shape index (κ3) is 2.95. The lowest BCUT2D eigenvalue weighted by atomic mass is 9.85. The summed E-state index contributed by atoms with van der Waals surface area (Å²) in [5.74, 6) is 1.09. The highest BCUT2D eigenvalue weighted by Gasteiger charge is 2.14. The highest BCUT2D eigenvalue weighted by Crippen LogP contribution is 2.35. The molecular formula is C20H26. The summed E-state index contributed by atoms with van der Waals surface area (Å²) in [4.78, 5) is 0. The minimum absolute atomic E-state index is 0.547. The first-order valence-corrected chi connectivity index (χ1v) is 7.61. The van der Waals surface area contributed by atoms with Gasteiger partial charge in [0.25, 0.3) is 0 Å². The summed E-state index contributed by atoms with van der Waals surface area (Å²) in [5.41, 5.74) is 8.38. The first-order chi connectivity index (χ1) is 9.40. The molecule has 0 fully saturated rings. The Bertz CT molecular complexity index is 548. The maximum atomic E-state index is 2.34. The minimum Gasteiger partial charge on any atom is -0.0590 e. The van der Waals surface area contributed by atoms with Crippen molar-refractivity contribution < 1.29 is 0 Å². The lowest BCUT2D eigenvalue weighted by Gasteiger charge is -2.19. The first kappa shape index (κ1) is 14.8. The Labute approximate surface area is 123 Å². The predicted molar refractivity (Wildman–Crippen MR) is 89.5 cm³/mol. The fourth-order valence-electron chi connectivity index (χ4n) is 2.81. The van der Waals surface area contributed by atoms with Gasteiger partial charge in [-0.05, 0) is 47.9 Å². The summed E-state index contributed by atoms with van der Waals surface area (Å²) in [7, 11) is 0. The number of hydrogen-bond donors (Lipinski definition) is 0. The van der Waals surface area contributed by atoms with Crippen LogP contribution in [0.1, 0.15) is 61.8 Å². The van der Waals surface area contributed by atoms with E-state index < -0.39 is 0 Å². The molecule has 0 amide bonds. The average molecular weight is 266 g/mol. The molecule has 0 aliphatic carbocycles. The van der Waals surface area contributed by atoms with Crippen molar-refractivity contribution in [1.82, 2.24) is 0 Å². The monoisotopic (exact) mass is 266 g/mol. The maximum absolute atomic E-state index is 2.34. The molecule has 2 aromatic carbocycles. The molecule has 0 saturated carbocycles. The number of benzene rings is 2. The van der Waals surface area contributed by atoms with Gasteiger partial charge in [0, 0.05) is 0 Å².